The van der Waals surface area contributed by atoms with Crippen molar-refractivity contribution in [2.24, 2.45) is 5.10 Å². The first-order valence-corrected chi connectivity index (χ1v) is 8.86. The summed E-state index contributed by atoms with van der Waals surface area (Å²) in [5, 5.41) is 26.8. The maximum atomic E-state index is 12.2. The second-order valence-electron chi connectivity index (χ2n) is 6.66. The number of hydrogen-bond donors (Lipinski definition) is 4. The van der Waals surface area contributed by atoms with Gasteiger partial charge in [0.05, 0.1) is 16.9 Å². The molecule has 0 aliphatic carbocycles. The predicted octanol–water partition coefficient (Wildman–Crippen LogP) is 3.83. The van der Waals surface area contributed by atoms with Crippen LogP contribution in [0.1, 0.15) is 21.5 Å². The minimum atomic E-state index is -1.05. The van der Waals surface area contributed by atoms with Gasteiger partial charge in [-0.3, -0.25) is 10.2 Å². The maximum absolute atomic E-state index is 12.2. The number of para-hydroxylation sites is 1. The minimum Gasteiger partial charge on any atom is -0.505 e. The highest BCUT2D eigenvalue weighted by Gasteiger charge is 2.26. The summed E-state index contributed by atoms with van der Waals surface area (Å²) < 4.78 is 0. The third kappa shape index (κ3) is 3.41. The van der Waals surface area contributed by atoms with E-state index >= 15 is 0 Å². The molecule has 0 fully saturated rings. The number of aromatic carboxylic acids is 1. The van der Waals surface area contributed by atoms with Gasteiger partial charge in [0, 0.05) is 11.1 Å². The van der Waals surface area contributed by atoms with E-state index in [0.29, 0.717) is 28.1 Å². The first-order valence-electron chi connectivity index (χ1n) is 8.86. The van der Waals surface area contributed by atoms with Crippen molar-refractivity contribution in [1.29, 1.82) is 0 Å². The highest BCUT2D eigenvalue weighted by atomic mass is 16.4. The molecule has 1 aliphatic rings. The first-order chi connectivity index (χ1) is 13.9. The average Bonchev–Trinajstić information content (AvgIpc) is 3.01. The molecular weight excluding hydrogens is 370 g/mol. The Bertz CT molecular complexity index is 1180. The molecule has 0 aromatic heterocycles. The fourth-order valence-electron chi connectivity index (χ4n) is 3.19. The van der Waals surface area contributed by atoms with E-state index in [2.05, 4.69) is 15.8 Å². The molecule has 144 valence electrons. The Morgan fingerprint density at radius 1 is 1.03 bits per heavy atom. The number of phenolic OH excluding ortho intramolecular Hbond substituents is 1. The Hall–Kier alpha value is -4.13. The summed E-state index contributed by atoms with van der Waals surface area (Å²) in [4.78, 5) is 23.4. The number of nitrogens with zero attached hydrogens (tertiary/aromatic N) is 1. The number of benzene rings is 3. The molecule has 0 bridgehead atoms. The van der Waals surface area contributed by atoms with Gasteiger partial charge in [0.1, 0.15) is 5.75 Å². The maximum Gasteiger partial charge on any atom is 0.335 e. The summed E-state index contributed by atoms with van der Waals surface area (Å²) in [5.41, 5.74) is 6.78. The van der Waals surface area contributed by atoms with Crippen LogP contribution < -0.4 is 10.7 Å². The summed E-state index contributed by atoms with van der Waals surface area (Å²) in [6, 6.07) is 16.9. The number of aryl methyl sites for hydroxylation is 1. The van der Waals surface area contributed by atoms with E-state index in [1.54, 1.807) is 30.3 Å². The first kappa shape index (κ1) is 18.2. The standard InChI is InChI=1S/C22H17N3O4/c1-12-8-9-16-18(10-12)23-21(27)19(16)25-24-17-7-3-6-15(20(17)26)13-4-2-5-14(11-13)22(28)29/h2-11,24,26H,1H3,(H,28,29)(H,23,25,27). The van der Waals surface area contributed by atoms with Crippen molar-refractivity contribution in [3.8, 4) is 16.9 Å². The molecular formula is C22H17N3O4. The van der Waals surface area contributed by atoms with Crippen molar-refractivity contribution in [1.82, 2.24) is 0 Å². The third-order valence-electron chi connectivity index (χ3n) is 4.64. The number of rotatable bonds is 4. The molecule has 3 aromatic rings. The van der Waals surface area contributed by atoms with Gasteiger partial charge in [-0.1, -0.05) is 36.4 Å². The average molecular weight is 387 g/mol. The number of amides is 1. The normalized spacial score (nSPS) is 13.8. The van der Waals surface area contributed by atoms with Crippen LogP contribution in [-0.4, -0.2) is 27.8 Å². The highest BCUT2D eigenvalue weighted by molar-refractivity contribution is 6.53. The highest BCUT2D eigenvalue weighted by Crippen LogP contribution is 2.36. The predicted molar refractivity (Wildman–Crippen MR) is 110 cm³/mol. The van der Waals surface area contributed by atoms with Crippen LogP contribution >= 0.6 is 0 Å². The number of carboxylic acid groups (broad SMARTS) is 1. The van der Waals surface area contributed by atoms with E-state index in [1.807, 2.05) is 25.1 Å². The van der Waals surface area contributed by atoms with Crippen LogP contribution in [0.2, 0.25) is 0 Å². The fraction of sp³-hybridized carbons (Fsp3) is 0.0455. The lowest BCUT2D eigenvalue weighted by molar-refractivity contribution is -0.110. The molecule has 7 heteroatoms. The van der Waals surface area contributed by atoms with E-state index in [0.717, 1.165) is 5.56 Å². The molecule has 4 N–H and O–H groups in total. The molecule has 3 aromatic carbocycles. The Kier molecular flexibility index (Phi) is 4.48. The molecule has 1 aliphatic heterocycles. The molecule has 0 saturated heterocycles. The molecule has 1 amide bonds. The number of hydrazone groups is 1. The number of hydrogen-bond acceptors (Lipinski definition) is 5. The SMILES string of the molecule is Cc1ccc2c(c1)NC(=O)C2=NNc1cccc(-c2cccc(C(=O)O)c2)c1O. The molecule has 7 nitrogen and oxygen atoms in total. The van der Waals surface area contributed by atoms with Gasteiger partial charge in [0.25, 0.3) is 5.91 Å². The summed E-state index contributed by atoms with van der Waals surface area (Å²) in [6.45, 7) is 1.93. The molecule has 4 rings (SSSR count). The minimum absolute atomic E-state index is 0.0954. The van der Waals surface area contributed by atoms with Gasteiger partial charge in [0.2, 0.25) is 0 Å². The number of fused-ring (bicyclic) bond motifs is 1. The summed E-state index contributed by atoms with van der Waals surface area (Å²) in [5.74, 6) is -1.47. The lowest BCUT2D eigenvalue weighted by atomic mass is 10.0. The largest absolute Gasteiger partial charge is 0.505 e. The molecule has 1 heterocycles. The van der Waals surface area contributed by atoms with Crippen LogP contribution in [0.25, 0.3) is 11.1 Å². The van der Waals surface area contributed by atoms with Gasteiger partial charge >= 0.3 is 5.97 Å². The van der Waals surface area contributed by atoms with E-state index in [9.17, 15) is 19.8 Å². The third-order valence-corrected chi connectivity index (χ3v) is 4.64. The molecule has 0 saturated carbocycles. The van der Waals surface area contributed by atoms with Gasteiger partial charge in [-0.2, -0.15) is 5.10 Å². The molecule has 0 radical (unpaired) electrons. The quantitative estimate of drug-likeness (QED) is 0.402. The molecule has 0 atom stereocenters. The number of nitrogens with one attached hydrogen (secondary N) is 2. The van der Waals surface area contributed by atoms with Crippen LogP contribution in [0.4, 0.5) is 11.4 Å². The Morgan fingerprint density at radius 2 is 1.83 bits per heavy atom. The summed E-state index contributed by atoms with van der Waals surface area (Å²) in [6.07, 6.45) is 0. The number of aromatic hydroxyl groups is 1. The lowest BCUT2D eigenvalue weighted by Gasteiger charge is -2.10. The number of carboxylic acids is 1. The molecule has 29 heavy (non-hydrogen) atoms. The Morgan fingerprint density at radius 3 is 2.62 bits per heavy atom. The Balaban J connectivity index is 1.67. The zero-order valence-corrected chi connectivity index (χ0v) is 15.4. The van der Waals surface area contributed by atoms with E-state index < -0.39 is 5.97 Å². The van der Waals surface area contributed by atoms with E-state index in [4.69, 9.17) is 0 Å². The number of carbonyl (C=O) groups is 2. The van der Waals surface area contributed by atoms with E-state index in [-0.39, 0.29) is 22.9 Å². The lowest BCUT2D eigenvalue weighted by Crippen LogP contribution is -2.15. The summed E-state index contributed by atoms with van der Waals surface area (Å²) in [7, 11) is 0. The van der Waals surface area contributed by atoms with Gasteiger partial charge in [0.15, 0.2) is 5.71 Å². The second-order valence-corrected chi connectivity index (χ2v) is 6.66. The van der Waals surface area contributed by atoms with Crippen molar-refractivity contribution in [2.75, 3.05) is 10.7 Å². The van der Waals surface area contributed by atoms with Gasteiger partial charge in [-0.05, 0) is 42.3 Å². The van der Waals surface area contributed by atoms with Crippen molar-refractivity contribution < 1.29 is 19.8 Å². The monoisotopic (exact) mass is 387 g/mol. The fourth-order valence-corrected chi connectivity index (χ4v) is 3.19. The van der Waals surface area contributed by atoms with Crippen LogP contribution in [0.3, 0.4) is 0 Å². The van der Waals surface area contributed by atoms with E-state index in [1.165, 1.54) is 12.1 Å². The molecule has 0 unspecified atom stereocenters. The zero-order chi connectivity index (χ0) is 20.5. The second kappa shape index (κ2) is 7.12. The van der Waals surface area contributed by atoms with Crippen LogP contribution in [0.5, 0.6) is 5.75 Å². The van der Waals surface area contributed by atoms with Crippen LogP contribution in [-0.2, 0) is 4.79 Å². The number of carbonyl (C=O) groups excluding carboxylic acids is 1. The molecule has 0 spiro atoms. The van der Waals surface area contributed by atoms with Crippen LogP contribution in [0, 0.1) is 6.92 Å². The smallest absolute Gasteiger partial charge is 0.335 e. The van der Waals surface area contributed by atoms with Crippen molar-refractivity contribution in [3.05, 3.63) is 77.4 Å². The van der Waals surface area contributed by atoms with Crippen molar-refractivity contribution >= 4 is 29.0 Å². The van der Waals surface area contributed by atoms with Gasteiger partial charge in [-0.15, -0.1) is 0 Å². The Labute approximate surface area is 166 Å². The van der Waals surface area contributed by atoms with Crippen molar-refractivity contribution in [3.63, 3.8) is 0 Å². The van der Waals surface area contributed by atoms with Gasteiger partial charge < -0.3 is 15.5 Å². The topological polar surface area (TPSA) is 111 Å². The zero-order valence-electron chi connectivity index (χ0n) is 15.4. The number of phenols is 1. The van der Waals surface area contributed by atoms with Gasteiger partial charge in [-0.25, -0.2) is 4.79 Å². The van der Waals surface area contributed by atoms with Crippen molar-refractivity contribution in [2.45, 2.75) is 6.92 Å². The number of anilines is 2. The van der Waals surface area contributed by atoms with Crippen LogP contribution in [0.15, 0.2) is 65.8 Å². The summed E-state index contributed by atoms with van der Waals surface area (Å²) >= 11 is 0.